The molecule has 0 aliphatic rings. The van der Waals surface area contributed by atoms with Crippen molar-refractivity contribution in [3.63, 3.8) is 0 Å². The van der Waals surface area contributed by atoms with E-state index in [1.165, 1.54) is 17.0 Å². The number of carbonyl (C=O) groups excluding carboxylic acids is 1. The van der Waals surface area contributed by atoms with Gasteiger partial charge >= 0.3 is 5.97 Å². The highest BCUT2D eigenvalue weighted by Crippen LogP contribution is 2.24. The van der Waals surface area contributed by atoms with Crippen LogP contribution < -0.4 is 9.64 Å². The number of aromatic carboxylic acids is 1. The Bertz CT molecular complexity index is 650. The minimum absolute atomic E-state index is 0.146. The van der Waals surface area contributed by atoms with E-state index >= 15 is 0 Å². The lowest BCUT2D eigenvalue weighted by Crippen LogP contribution is -2.25. The first-order chi connectivity index (χ1) is 9.52. The number of thiophene rings is 1. The van der Waals surface area contributed by atoms with Crippen molar-refractivity contribution in [1.82, 2.24) is 0 Å². The van der Waals surface area contributed by atoms with Gasteiger partial charge in [-0.3, -0.25) is 4.79 Å². The molecule has 0 aliphatic carbocycles. The van der Waals surface area contributed by atoms with Crippen LogP contribution in [0.5, 0.6) is 5.75 Å². The summed E-state index contributed by atoms with van der Waals surface area (Å²) in [6, 6.07) is 10.0. The summed E-state index contributed by atoms with van der Waals surface area (Å²) in [5, 5.41) is 8.87. The number of ether oxygens (including phenoxy) is 1. The maximum absolute atomic E-state index is 12.3. The normalized spacial score (nSPS) is 10.1. The molecule has 1 N–H and O–H groups in total. The number of methoxy groups -OCH3 is 1. The van der Waals surface area contributed by atoms with Gasteiger partial charge in [-0.15, -0.1) is 11.3 Å². The van der Waals surface area contributed by atoms with Crippen LogP contribution in [0.25, 0.3) is 0 Å². The largest absolute Gasteiger partial charge is 0.497 e. The van der Waals surface area contributed by atoms with Crippen LogP contribution >= 0.6 is 11.3 Å². The van der Waals surface area contributed by atoms with Crippen LogP contribution in [-0.2, 0) is 0 Å². The fraction of sp³-hybridized carbons (Fsp3) is 0.143. The molecule has 1 aromatic carbocycles. The number of anilines is 1. The molecule has 20 heavy (non-hydrogen) atoms. The van der Waals surface area contributed by atoms with E-state index in [1.54, 1.807) is 38.4 Å². The van der Waals surface area contributed by atoms with Gasteiger partial charge in [0.05, 0.1) is 12.0 Å². The average molecular weight is 291 g/mol. The van der Waals surface area contributed by atoms with Crippen molar-refractivity contribution < 1.29 is 19.4 Å². The first kappa shape index (κ1) is 14.1. The standard InChI is InChI=1S/C14H13NO4S/c1-15(9-4-3-5-10(8-9)19-2)13(16)11-6-7-12(20-11)14(17)18/h3-8H,1-2H3,(H,17,18). The van der Waals surface area contributed by atoms with Crippen LogP contribution in [0, 0.1) is 0 Å². The minimum Gasteiger partial charge on any atom is -0.497 e. The summed E-state index contributed by atoms with van der Waals surface area (Å²) in [5.41, 5.74) is 0.680. The number of hydrogen-bond donors (Lipinski definition) is 1. The Labute approximate surface area is 120 Å². The zero-order valence-corrected chi connectivity index (χ0v) is 11.8. The zero-order valence-electron chi connectivity index (χ0n) is 11.0. The summed E-state index contributed by atoms with van der Waals surface area (Å²) in [6.45, 7) is 0. The number of nitrogens with zero attached hydrogens (tertiary/aromatic N) is 1. The number of carboxylic acids is 1. The molecule has 0 saturated heterocycles. The Morgan fingerprint density at radius 1 is 1.20 bits per heavy atom. The fourth-order valence-corrected chi connectivity index (χ4v) is 2.49. The molecule has 2 rings (SSSR count). The van der Waals surface area contributed by atoms with Crippen molar-refractivity contribution in [2.75, 3.05) is 19.1 Å². The maximum Gasteiger partial charge on any atom is 0.345 e. The lowest BCUT2D eigenvalue weighted by atomic mass is 10.2. The lowest BCUT2D eigenvalue weighted by Gasteiger charge is -2.17. The summed E-state index contributed by atoms with van der Waals surface area (Å²) >= 11 is 0.960. The smallest absolute Gasteiger partial charge is 0.345 e. The first-order valence-corrected chi connectivity index (χ1v) is 6.60. The highest BCUT2D eigenvalue weighted by molar-refractivity contribution is 7.16. The van der Waals surface area contributed by atoms with Crippen LogP contribution in [0.15, 0.2) is 36.4 Å². The molecule has 1 aromatic heterocycles. The molecule has 0 atom stereocenters. The van der Waals surface area contributed by atoms with Crippen molar-refractivity contribution in [1.29, 1.82) is 0 Å². The van der Waals surface area contributed by atoms with Crippen molar-refractivity contribution in [3.8, 4) is 5.75 Å². The average Bonchev–Trinajstić information content (AvgIpc) is 2.95. The van der Waals surface area contributed by atoms with Gasteiger partial charge in [-0.2, -0.15) is 0 Å². The monoisotopic (exact) mass is 291 g/mol. The van der Waals surface area contributed by atoms with E-state index < -0.39 is 5.97 Å². The van der Waals surface area contributed by atoms with Gasteiger partial charge in [0.2, 0.25) is 0 Å². The molecule has 0 saturated carbocycles. The van der Waals surface area contributed by atoms with E-state index in [1.807, 2.05) is 0 Å². The van der Waals surface area contributed by atoms with Gasteiger partial charge in [-0.05, 0) is 24.3 Å². The number of carbonyl (C=O) groups is 2. The molecule has 1 heterocycles. The van der Waals surface area contributed by atoms with Crippen molar-refractivity contribution >= 4 is 28.9 Å². The van der Waals surface area contributed by atoms with Gasteiger partial charge in [-0.1, -0.05) is 6.07 Å². The predicted octanol–water partition coefficient (Wildman–Crippen LogP) is 2.73. The third-order valence-corrected chi connectivity index (χ3v) is 3.83. The van der Waals surface area contributed by atoms with E-state index in [0.29, 0.717) is 16.3 Å². The van der Waals surface area contributed by atoms with Gasteiger partial charge in [0.15, 0.2) is 0 Å². The number of amides is 1. The zero-order chi connectivity index (χ0) is 14.7. The van der Waals surface area contributed by atoms with E-state index in [-0.39, 0.29) is 10.8 Å². The van der Waals surface area contributed by atoms with Gasteiger partial charge < -0.3 is 14.7 Å². The molecule has 0 aliphatic heterocycles. The van der Waals surface area contributed by atoms with E-state index in [0.717, 1.165) is 11.3 Å². The number of carboxylic acid groups (broad SMARTS) is 1. The Morgan fingerprint density at radius 3 is 2.50 bits per heavy atom. The third-order valence-electron chi connectivity index (χ3n) is 2.77. The van der Waals surface area contributed by atoms with Crippen molar-refractivity contribution in [3.05, 3.63) is 46.2 Å². The molecule has 6 heteroatoms. The second-order valence-corrected chi connectivity index (χ2v) is 5.12. The summed E-state index contributed by atoms with van der Waals surface area (Å²) in [6.07, 6.45) is 0. The van der Waals surface area contributed by atoms with E-state index in [2.05, 4.69) is 0 Å². The molecule has 1 amide bonds. The number of hydrogen-bond acceptors (Lipinski definition) is 4. The number of rotatable bonds is 4. The summed E-state index contributed by atoms with van der Waals surface area (Å²) < 4.78 is 5.11. The van der Waals surface area contributed by atoms with Crippen molar-refractivity contribution in [2.24, 2.45) is 0 Å². The van der Waals surface area contributed by atoms with Crippen LogP contribution in [-0.4, -0.2) is 31.1 Å². The molecule has 0 bridgehead atoms. The Morgan fingerprint density at radius 2 is 1.90 bits per heavy atom. The van der Waals surface area contributed by atoms with Crippen molar-refractivity contribution in [2.45, 2.75) is 0 Å². The Balaban J connectivity index is 2.24. The van der Waals surface area contributed by atoms with Gasteiger partial charge in [0.25, 0.3) is 5.91 Å². The highest BCUT2D eigenvalue weighted by atomic mass is 32.1. The third kappa shape index (κ3) is 2.80. The quantitative estimate of drug-likeness (QED) is 0.940. The SMILES string of the molecule is COc1cccc(N(C)C(=O)c2ccc(C(=O)O)s2)c1. The molecule has 0 radical (unpaired) electrons. The molecule has 0 unspecified atom stereocenters. The Kier molecular flexibility index (Phi) is 4.05. The molecule has 104 valence electrons. The van der Waals surface area contributed by atoms with Crippen LogP contribution in [0.1, 0.15) is 19.3 Å². The molecular formula is C14H13NO4S. The fourth-order valence-electron chi connectivity index (χ4n) is 1.67. The van der Waals surface area contributed by atoms with Gasteiger partial charge in [0.1, 0.15) is 10.6 Å². The molecule has 0 spiro atoms. The molecule has 0 fully saturated rings. The summed E-state index contributed by atoms with van der Waals surface area (Å²) in [7, 11) is 3.19. The topological polar surface area (TPSA) is 66.8 Å². The van der Waals surface area contributed by atoms with Gasteiger partial charge in [0, 0.05) is 18.8 Å². The predicted molar refractivity (Wildman–Crippen MR) is 77.0 cm³/mol. The number of benzene rings is 1. The second kappa shape index (κ2) is 5.75. The van der Waals surface area contributed by atoms with Crippen LogP contribution in [0.3, 0.4) is 0 Å². The first-order valence-electron chi connectivity index (χ1n) is 5.78. The minimum atomic E-state index is -1.03. The molecule has 5 nitrogen and oxygen atoms in total. The molecule has 2 aromatic rings. The van der Waals surface area contributed by atoms with E-state index in [9.17, 15) is 9.59 Å². The summed E-state index contributed by atoms with van der Waals surface area (Å²) in [5.74, 6) is -0.631. The maximum atomic E-state index is 12.3. The summed E-state index contributed by atoms with van der Waals surface area (Å²) in [4.78, 5) is 25.1. The highest BCUT2D eigenvalue weighted by Gasteiger charge is 2.17. The van der Waals surface area contributed by atoms with Crippen LogP contribution in [0.4, 0.5) is 5.69 Å². The van der Waals surface area contributed by atoms with E-state index in [4.69, 9.17) is 9.84 Å². The lowest BCUT2D eigenvalue weighted by molar-refractivity contribution is 0.0702. The second-order valence-electron chi connectivity index (χ2n) is 4.03. The van der Waals surface area contributed by atoms with Crippen LogP contribution in [0.2, 0.25) is 0 Å². The Hall–Kier alpha value is -2.34. The van der Waals surface area contributed by atoms with Gasteiger partial charge in [-0.25, -0.2) is 4.79 Å². The molecular weight excluding hydrogens is 278 g/mol.